The maximum absolute atomic E-state index is 15.7. The van der Waals surface area contributed by atoms with Crippen molar-refractivity contribution >= 4 is 46.3 Å². The average molecular weight is 617 g/mol. The third kappa shape index (κ3) is 3.11. The van der Waals surface area contributed by atoms with Gasteiger partial charge in [-0.15, -0.1) is 0 Å². The Kier molecular flexibility index (Phi) is 5.28. The number of carbonyl (C=O) groups is 1. The van der Waals surface area contributed by atoms with E-state index in [1.54, 1.807) is 0 Å². The Balaban J connectivity index is 1.36. The van der Waals surface area contributed by atoms with Crippen molar-refractivity contribution in [3.63, 3.8) is 0 Å². The second-order valence-corrected chi connectivity index (χ2v) is 19.2. The molecule has 4 heterocycles. The van der Waals surface area contributed by atoms with Gasteiger partial charge in [-0.25, -0.2) is 0 Å². The summed E-state index contributed by atoms with van der Waals surface area (Å²) in [5.74, 6) is 0.310. The van der Waals surface area contributed by atoms with Crippen molar-refractivity contribution in [2.24, 2.45) is 0 Å². The fourth-order valence-electron chi connectivity index (χ4n) is 10.00. The minimum atomic E-state index is -2.92. The number of benzene rings is 5. The SMILES string of the molecule is CC(C)(C)[Si](c1ccccc1)(c1ccccc1)N1Cc2c(c3c4c5c2c2ccccc2n5[C@H]2CC[C@H](O2)[C@H]4c2ccccc2-3)C1=O. The average Bonchev–Trinajstić information content (AvgIpc) is 3.81. The molecular weight excluding hydrogens is 581 g/mol. The summed E-state index contributed by atoms with van der Waals surface area (Å²) >= 11 is 0. The predicted molar refractivity (Wildman–Crippen MR) is 187 cm³/mol. The zero-order valence-corrected chi connectivity index (χ0v) is 27.5. The molecule has 0 N–H and O–H groups in total. The summed E-state index contributed by atoms with van der Waals surface area (Å²) in [7, 11) is -2.92. The Bertz CT molecular complexity index is 2210. The highest BCUT2D eigenvalue weighted by atomic mass is 28.3. The lowest BCUT2D eigenvalue weighted by molar-refractivity contribution is 0.00493. The molecule has 6 aromatic rings. The lowest BCUT2D eigenvalue weighted by Gasteiger charge is -2.49. The van der Waals surface area contributed by atoms with Gasteiger partial charge in [0.2, 0.25) is 14.1 Å². The van der Waals surface area contributed by atoms with E-state index >= 15 is 4.79 Å². The highest BCUT2D eigenvalue weighted by Gasteiger charge is 2.58. The van der Waals surface area contributed by atoms with Gasteiger partial charge in [0.05, 0.1) is 22.7 Å². The Morgan fingerprint density at radius 2 is 1.41 bits per heavy atom. The van der Waals surface area contributed by atoms with Crippen molar-refractivity contribution < 1.29 is 9.53 Å². The minimum absolute atomic E-state index is 0.0113. The molecule has 1 amide bonds. The van der Waals surface area contributed by atoms with Gasteiger partial charge in [-0.1, -0.05) is 124 Å². The van der Waals surface area contributed by atoms with Gasteiger partial charge in [-0.05, 0) is 56.6 Å². The van der Waals surface area contributed by atoms with Crippen LogP contribution in [0.3, 0.4) is 0 Å². The molecule has 1 aromatic heterocycles. The number of para-hydroxylation sites is 1. The Morgan fingerprint density at radius 3 is 2.13 bits per heavy atom. The maximum atomic E-state index is 15.7. The smallest absolute Gasteiger partial charge is 0.247 e. The summed E-state index contributed by atoms with van der Waals surface area (Å²) in [6.07, 6.45) is 2.15. The fraction of sp³-hybridized carbons (Fsp3) is 0.244. The van der Waals surface area contributed by atoms with Gasteiger partial charge < -0.3 is 13.9 Å². The van der Waals surface area contributed by atoms with Crippen LogP contribution in [-0.2, 0) is 11.3 Å². The van der Waals surface area contributed by atoms with E-state index in [4.69, 9.17) is 4.74 Å². The third-order valence-corrected chi connectivity index (χ3v) is 17.2. The highest BCUT2D eigenvalue weighted by Crippen LogP contribution is 2.60. The number of rotatable bonds is 3. The molecule has 1 saturated heterocycles. The summed E-state index contributed by atoms with van der Waals surface area (Å²) in [5, 5.41) is 4.85. The standard InChI is InChI=1S/C41H36N2O2Si/c1-41(2,3)46(25-14-6-4-7-15-25,26-16-8-5-9-17-26)42-24-30-34-29-20-12-13-21-31(29)43-33-23-22-32(45-33)35-27-18-10-11-19-28(27)36(37(30)40(42)44)38(35)39(34)43/h4-21,32-33,35H,22-24H2,1-3H3/t32-,33+,35+/m0/s1. The van der Waals surface area contributed by atoms with E-state index in [2.05, 4.69) is 139 Å². The number of carbonyl (C=O) groups excluding carboxylic acids is 1. The lowest BCUT2D eigenvalue weighted by atomic mass is 9.86. The molecule has 46 heavy (non-hydrogen) atoms. The van der Waals surface area contributed by atoms with Crippen LogP contribution < -0.4 is 10.4 Å². The van der Waals surface area contributed by atoms with Gasteiger partial charge in [-0.3, -0.25) is 4.79 Å². The molecule has 3 aliphatic heterocycles. The highest BCUT2D eigenvalue weighted by molar-refractivity contribution is 7.03. The summed E-state index contributed by atoms with van der Waals surface area (Å²) < 4.78 is 11.8. The molecule has 4 nitrogen and oxygen atoms in total. The number of hydrogen-bond donors (Lipinski definition) is 0. The molecule has 5 heteroatoms. The molecule has 5 aromatic carbocycles. The first kappa shape index (κ1) is 26.7. The van der Waals surface area contributed by atoms with E-state index in [0.717, 1.165) is 24.0 Å². The van der Waals surface area contributed by atoms with Crippen molar-refractivity contribution in [3.05, 3.63) is 131 Å². The van der Waals surface area contributed by atoms with Crippen molar-refractivity contribution in [2.75, 3.05) is 0 Å². The van der Waals surface area contributed by atoms with E-state index in [1.165, 1.54) is 54.4 Å². The molecule has 1 fully saturated rings. The number of fused-ring (bicyclic) bond motifs is 13. The van der Waals surface area contributed by atoms with Gasteiger partial charge in [0.25, 0.3) is 0 Å². The molecule has 4 aliphatic rings. The molecule has 0 saturated carbocycles. The van der Waals surface area contributed by atoms with Crippen molar-refractivity contribution in [2.45, 2.75) is 63.4 Å². The number of amides is 1. The lowest BCUT2D eigenvalue weighted by Crippen LogP contribution is -2.74. The number of hydrogen-bond acceptors (Lipinski definition) is 2. The molecule has 3 atom stereocenters. The van der Waals surface area contributed by atoms with E-state index < -0.39 is 8.24 Å². The molecule has 0 spiro atoms. The van der Waals surface area contributed by atoms with E-state index in [1.807, 2.05) is 0 Å². The third-order valence-electron chi connectivity index (χ3n) is 11.5. The van der Waals surface area contributed by atoms with Crippen molar-refractivity contribution in [1.29, 1.82) is 0 Å². The maximum Gasteiger partial charge on any atom is 0.247 e. The van der Waals surface area contributed by atoms with Crippen LogP contribution >= 0.6 is 0 Å². The Morgan fingerprint density at radius 1 is 0.761 bits per heavy atom. The Labute approximate surface area is 270 Å². The van der Waals surface area contributed by atoms with Gasteiger partial charge >= 0.3 is 0 Å². The molecule has 0 unspecified atom stereocenters. The first-order valence-electron chi connectivity index (χ1n) is 16.7. The van der Waals surface area contributed by atoms with E-state index in [0.29, 0.717) is 6.54 Å². The summed E-state index contributed by atoms with van der Waals surface area (Å²) in [6, 6.07) is 39.5. The molecule has 226 valence electrons. The monoisotopic (exact) mass is 616 g/mol. The first-order chi connectivity index (χ1) is 22.4. The van der Waals surface area contributed by atoms with Crippen LogP contribution in [0.15, 0.2) is 109 Å². The predicted octanol–water partition coefficient (Wildman–Crippen LogP) is 8.11. The van der Waals surface area contributed by atoms with Crippen LogP contribution in [0.2, 0.25) is 5.04 Å². The van der Waals surface area contributed by atoms with Gasteiger partial charge in [0.1, 0.15) is 6.23 Å². The molecule has 10 rings (SSSR count). The molecule has 0 radical (unpaired) electrons. The number of ether oxygens (including phenoxy) is 1. The van der Waals surface area contributed by atoms with Crippen LogP contribution in [0.5, 0.6) is 0 Å². The van der Waals surface area contributed by atoms with Crippen LogP contribution in [0.4, 0.5) is 0 Å². The molecule has 2 bridgehead atoms. The molecular formula is C41H36N2O2Si. The van der Waals surface area contributed by atoms with Crippen LogP contribution in [0, 0.1) is 0 Å². The minimum Gasteiger partial charge on any atom is -0.354 e. The summed E-state index contributed by atoms with van der Waals surface area (Å²) in [5.41, 5.74) is 9.62. The second kappa shape index (κ2) is 9.08. The van der Waals surface area contributed by atoms with Crippen molar-refractivity contribution in [1.82, 2.24) is 9.13 Å². The summed E-state index contributed by atoms with van der Waals surface area (Å²) in [4.78, 5) is 15.7. The number of nitrogens with zero attached hydrogens (tertiary/aromatic N) is 2. The quantitative estimate of drug-likeness (QED) is 0.188. The van der Waals surface area contributed by atoms with Gasteiger partial charge in [0.15, 0.2) is 0 Å². The Hall–Kier alpha value is -4.45. The van der Waals surface area contributed by atoms with Crippen LogP contribution in [0.1, 0.15) is 72.8 Å². The second-order valence-electron chi connectivity index (χ2n) is 14.6. The van der Waals surface area contributed by atoms with Crippen molar-refractivity contribution in [3.8, 4) is 11.1 Å². The van der Waals surface area contributed by atoms with Gasteiger partial charge in [0, 0.05) is 28.8 Å². The molecule has 1 aliphatic carbocycles. The topological polar surface area (TPSA) is 34.5 Å². The largest absolute Gasteiger partial charge is 0.354 e. The zero-order chi connectivity index (χ0) is 30.9. The number of aromatic nitrogens is 1. The van der Waals surface area contributed by atoms with E-state index in [9.17, 15) is 0 Å². The van der Waals surface area contributed by atoms with Crippen LogP contribution in [0.25, 0.3) is 32.9 Å². The fourth-order valence-corrected chi connectivity index (χ4v) is 15.7. The zero-order valence-electron chi connectivity index (χ0n) is 26.5. The normalized spacial score (nSPS) is 21.2. The summed E-state index contributed by atoms with van der Waals surface area (Å²) in [6.45, 7) is 7.64. The first-order valence-corrected chi connectivity index (χ1v) is 18.6. The van der Waals surface area contributed by atoms with Crippen LogP contribution in [-0.4, -0.2) is 29.4 Å². The van der Waals surface area contributed by atoms with Gasteiger partial charge in [-0.2, -0.15) is 0 Å². The van der Waals surface area contributed by atoms with E-state index in [-0.39, 0.29) is 29.2 Å².